The topological polar surface area (TPSA) is 46.2 Å². The second kappa shape index (κ2) is 4.16. The number of nitrogens with two attached hydrogens (primary N) is 1. The molecule has 0 bridgehead atoms. The predicted molar refractivity (Wildman–Crippen MR) is 46.4 cm³/mol. The molecule has 0 spiro atoms. The first-order valence-corrected chi connectivity index (χ1v) is 3.33. The van der Waals surface area contributed by atoms with Crippen molar-refractivity contribution in [1.29, 1.82) is 0 Å². The normalized spacial score (nSPS) is 14.7. The van der Waals surface area contributed by atoms with Crippen molar-refractivity contribution in [1.82, 2.24) is 0 Å². The molecular weight excluding hydrogens is 150 g/mol. The Morgan fingerprint density at radius 3 is 1.60 bits per heavy atom. The lowest BCUT2D eigenvalue weighted by Crippen LogP contribution is -2.46. The molecule has 0 aliphatic carbocycles. The van der Waals surface area contributed by atoms with Gasteiger partial charge in [0.15, 0.2) is 0 Å². The molecule has 0 aromatic rings. The van der Waals surface area contributed by atoms with Crippen LogP contribution < -0.4 is 5.73 Å². The maximum absolute atomic E-state index is 9.33. The van der Waals surface area contributed by atoms with Crippen molar-refractivity contribution >= 4 is 12.4 Å². The van der Waals surface area contributed by atoms with Crippen LogP contribution >= 0.6 is 12.4 Å². The van der Waals surface area contributed by atoms with E-state index in [0.29, 0.717) is 5.92 Å². The lowest BCUT2D eigenvalue weighted by molar-refractivity contribution is 0.0362. The molecule has 0 aromatic carbocycles. The standard InChI is InChI=1S/C7H17NO.ClH/c1-5(2)6(8)7(3,4)9;/h5-6,9H,8H2,1-4H3;1H/t6-;/m1./s1. The maximum Gasteiger partial charge on any atom is 0.0744 e. The number of halogens is 1. The van der Waals surface area contributed by atoms with Crippen LogP contribution in [0.25, 0.3) is 0 Å². The molecule has 0 heterocycles. The van der Waals surface area contributed by atoms with Gasteiger partial charge in [0.25, 0.3) is 0 Å². The Labute approximate surface area is 69.2 Å². The van der Waals surface area contributed by atoms with E-state index in [1.54, 1.807) is 13.8 Å². The highest BCUT2D eigenvalue weighted by atomic mass is 35.5. The molecule has 0 aliphatic rings. The zero-order valence-corrected chi connectivity index (χ0v) is 7.90. The lowest BCUT2D eigenvalue weighted by atomic mass is 9.90. The van der Waals surface area contributed by atoms with E-state index in [-0.39, 0.29) is 18.4 Å². The molecule has 3 heteroatoms. The fraction of sp³-hybridized carbons (Fsp3) is 1.00. The van der Waals surface area contributed by atoms with Crippen molar-refractivity contribution in [2.75, 3.05) is 0 Å². The van der Waals surface area contributed by atoms with E-state index in [2.05, 4.69) is 0 Å². The summed E-state index contributed by atoms with van der Waals surface area (Å²) >= 11 is 0. The monoisotopic (exact) mass is 167 g/mol. The summed E-state index contributed by atoms with van der Waals surface area (Å²) < 4.78 is 0. The van der Waals surface area contributed by atoms with Gasteiger partial charge < -0.3 is 10.8 Å². The van der Waals surface area contributed by atoms with E-state index in [1.165, 1.54) is 0 Å². The smallest absolute Gasteiger partial charge is 0.0744 e. The van der Waals surface area contributed by atoms with Gasteiger partial charge in [0.2, 0.25) is 0 Å². The summed E-state index contributed by atoms with van der Waals surface area (Å²) in [5.41, 5.74) is 4.90. The molecule has 10 heavy (non-hydrogen) atoms. The van der Waals surface area contributed by atoms with Gasteiger partial charge in [0, 0.05) is 6.04 Å². The van der Waals surface area contributed by atoms with Gasteiger partial charge in [-0.15, -0.1) is 12.4 Å². The highest BCUT2D eigenvalue weighted by Crippen LogP contribution is 2.13. The Morgan fingerprint density at radius 1 is 1.30 bits per heavy atom. The van der Waals surface area contributed by atoms with Crippen LogP contribution in [-0.2, 0) is 0 Å². The van der Waals surface area contributed by atoms with E-state index in [4.69, 9.17) is 5.73 Å². The molecule has 0 radical (unpaired) electrons. The minimum atomic E-state index is -0.742. The lowest BCUT2D eigenvalue weighted by Gasteiger charge is -2.28. The van der Waals surface area contributed by atoms with E-state index >= 15 is 0 Å². The second-order valence-corrected chi connectivity index (χ2v) is 3.42. The van der Waals surface area contributed by atoms with Crippen LogP contribution in [0.3, 0.4) is 0 Å². The van der Waals surface area contributed by atoms with Gasteiger partial charge in [0.1, 0.15) is 0 Å². The molecule has 0 fully saturated rings. The molecule has 1 atom stereocenters. The third-order valence-electron chi connectivity index (χ3n) is 1.53. The second-order valence-electron chi connectivity index (χ2n) is 3.42. The fourth-order valence-corrected chi connectivity index (χ4v) is 0.816. The number of aliphatic hydroxyl groups is 1. The molecule has 0 aromatic heterocycles. The van der Waals surface area contributed by atoms with Crippen LogP contribution in [0.1, 0.15) is 27.7 Å². The Balaban J connectivity index is 0. The molecular formula is C7H18ClNO. The molecule has 0 saturated heterocycles. The summed E-state index contributed by atoms with van der Waals surface area (Å²) in [6.07, 6.45) is 0. The van der Waals surface area contributed by atoms with E-state index in [9.17, 15) is 5.11 Å². The van der Waals surface area contributed by atoms with Crippen LogP contribution in [0, 0.1) is 5.92 Å². The molecule has 0 saturated carbocycles. The average molecular weight is 168 g/mol. The van der Waals surface area contributed by atoms with Crippen molar-refractivity contribution in [2.45, 2.75) is 39.3 Å². The van der Waals surface area contributed by atoms with Crippen molar-refractivity contribution < 1.29 is 5.11 Å². The molecule has 2 nitrogen and oxygen atoms in total. The summed E-state index contributed by atoms with van der Waals surface area (Å²) in [6, 6.07) is -0.127. The number of hydrogen-bond acceptors (Lipinski definition) is 2. The highest BCUT2D eigenvalue weighted by Gasteiger charge is 2.24. The van der Waals surface area contributed by atoms with Crippen LogP contribution in [0.4, 0.5) is 0 Å². The first kappa shape index (κ1) is 12.8. The van der Waals surface area contributed by atoms with E-state index in [0.717, 1.165) is 0 Å². The molecule has 64 valence electrons. The van der Waals surface area contributed by atoms with Gasteiger partial charge in [-0.05, 0) is 19.8 Å². The third-order valence-corrected chi connectivity index (χ3v) is 1.53. The fourth-order valence-electron chi connectivity index (χ4n) is 0.816. The van der Waals surface area contributed by atoms with Crippen molar-refractivity contribution in [3.05, 3.63) is 0 Å². The quantitative estimate of drug-likeness (QED) is 0.649. The average Bonchev–Trinajstić information content (AvgIpc) is 1.62. The first-order valence-electron chi connectivity index (χ1n) is 3.33. The summed E-state index contributed by atoms with van der Waals surface area (Å²) in [4.78, 5) is 0. The molecule has 0 aliphatic heterocycles. The minimum Gasteiger partial charge on any atom is -0.389 e. The summed E-state index contributed by atoms with van der Waals surface area (Å²) in [5.74, 6) is 0.338. The summed E-state index contributed by atoms with van der Waals surface area (Å²) in [5, 5.41) is 9.33. The minimum absolute atomic E-state index is 0. The maximum atomic E-state index is 9.33. The van der Waals surface area contributed by atoms with E-state index < -0.39 is 5.60 Å². The van der Waals surface area contributed by atoms with Crippen molar-refractivity contribution in [3.63, 3.8) is 0 Å². The van der Waals surface area contributed by atoms with Crippen LogP contribution in [0.2, 0.25) is 0 Å². The predicted octanol–water partition coefficient (Wildman–Crippen LogP) is 1.16. The zero-order valence-electron chi connectivity index (χ0n) is 7.09. The largest absolute Gasteiger partial charge is 0.389 e. The van der Waals surface area contributed by atoms with Gasteiger partial charge in [-0.2, -0.15) is 0 Å². The van der Waals surface area contributed by atoms with Crippen LogP contribution in [-0.4, -0.2) is 16.7 Å². The van der Waals surface area contributed by atoms with E-state index in [1.807, 2.05) is 13.8 Å². The molecule has 0 rings (SSSR count). The first-order chi connectivity index (χ1) is 3.85. The van der Waals surface area contributed by atoms with Gasteiger partial charge >= 0.3 is 0 Å². The van der Waals surface area contributed by atoms with Crippen molar-refractivity contribution in [2.24, 2.45) is 11.7 Å². The Kier molecular flexibility index (Phi) is 5.35. The van der Waals surface area contributed by atoms with Crippen LogP contribution in [0.15, 0.2) is 0 Å². The van der Waals surface area contributed by atoms with Gasteiger partial charge in [-0.1, -0.05) is 13.8 Å². The van der Waals surface area contributed by atoms with Crippen molar-refractivity contribution in [3.8, 4) is 0 Å². The van der Waals surface area contributed by atoms with Gasteiger partial charge in [-0.3, -0.25) is 0 Å². The Bertz CT molecular complexity index is 88.1. The SMILES string of the molecule is CC(C)[C@@H](N)C(C)(C)O.Cl. The summed E-state index contributed by atoms with van der Waals surface area (Å²) in [7, 11) is 0. The number of hydrogen-bond donors (Lipinski definition) is 2. The third kappa shape index (κ3) is 4.09. The Hall–Kier alpha value is 0.210. The highest BCUT2D eigenvalue weighted by molar-refractivity contribution is 5.85. The Morgan fingerprint density at radius 2 is 1.60 bits per heavy atom. The molecule has 0 unspecified atom stereocenters. The van der Waals surface area contributed by atoms with Crippen LogP contribution in [0.5, 0.6) is 0 Å². The van der Waals surface area contributed by atoms with Gasteiger partial charge in [0.05, 0.1) is 5.60 Å². The zero-order chi connectivity index (χ0) is 7.65. The molecule has 0 amide bonds. The number of rotatable bonds is 2. The van der Waals surface area contributed by atoms with Gasteiger partial charge in [-0.25, -0.2) is 0 Å². The molecule has 3 N–H and O–H groups in total. The summed E-state index contributed by atoms with van der Waals surface area (Å²) in [6.45, 7) is 7.47.